The highest BCUT2D eigenvalue weighted by atomic mass is 15.4. The molecule has 8 heteroatoms. The number of hydrogen-bond donors (Lipinski definition) is 3. The Morgan fingerprint density at radius 1 is 1.24 bits per heavy atom. The first kappa shape index (κ1) is 15.2. The van der Waals surface area contributed by atoms with E-state index in [1.807, 2.05) is 0 Å². The lowest BCUT2D eigenvalue weighted by Crippen LogP contribution is -2.22. The van der Waals surface area contributed by atoms with Crippen molar-refractivity contribution in [3.63, 3.8) is 0 Å². The third-order valence-corrected chi connectivity index (χ3v) is 3.32. The molecule has 0 saturated heterocycles. The second-order valence-corrected chi connectivity index (χ2v) is 5.19. The van der Waals surface area contributed by atoms with Gasteiger partial charge in [0.1, 0.15) is 6.33 Å². The zero-order valence-corrected chi connectivity index (χ0v) is 12.6. The molecule has 0 amide bonds. The fourth-order valence-electron chi connectivity index (χ4n) is 2.04. The van der Waals surface area contributed by atoms with Crippen molar-refractivity contribution < 1.29 is 0 Å². The van der Waals surface area contributed by atoms with Crippen LogP contribution in [0.1, 0.15) is 33.6 Å². The minimum atomic E-state index is 0.267. The molecule has 0 aliphatic heterocycles. The van der Waals surface area contributed by atoms with Crippen molar-refractivity contribution in [2.75, 3.05) is 10.7 Å². The minimum Gasteiger partial charge on any atom is -0.352 e. The maximum atomic E-state index is 5.42. The summed E-state index contributed by atoms with van der Waals surface area (Å²) in [5.74, 6) is 7.34. The lowest BCUT2D eigenvalue weighted by molar-refractivity contribution is 0.482. The molecule has 2 rings (SSSR count). The Bertz CT molecular complexity index is 553. The van der Waals surface area contributed by atoms with Crippen molar-refractivity contribution in [3.05, 3.63) is 18.7 Å². The lowest BCUT2D eigenvalue weighted by Gasteiger charge is -2.18. The number of nitrogens with one attached hydrogen (secondary N) is 2. The molecule has 0 fully saturated rings. The molecule has 0 bridgehead atoms. The average molecular weight is 290 g/mol. The molecule has 2 heterocycles. The highest BCUT2D eigenvalue weighted by Gasteiger charge is 2.11. The number of rotatable bonds is 7. The van der Waals surface area contributed by atoms with Crippen LogP contribution in [-0.4, -0.2) is 30.5 Å². The number of anilines is 2. The summed E-state index contributed by atoms with van der Waals surface area (Å²) < 4.78 is 1.70. The molecule has 4 N–H and O–H groups in total. The van der Waals surface area contributed by atoms with Crippen LogP contribution in [0.25, 0.3) is 5.95 Å². The van der Waals surface area contributed by atoms with Gasteiger partial charge in [0.2, 0.25) is 17.8 Å². The average Bonchev–Trinajstić information content (AvgIpc) is 3.00. The van der Waals surface area contributed by atoms with Crippen molar-refractivity contribution in [2.45, 2.75) is 39.7 Å². The standard InChI is InChI=1S/C13H22N8/c1-4-9(2)7-10(3)16-11-17-12(20-14)19-13(18-11)21-6-5-15-8-21/h5-6,8-10H,4,7,14H2,1-3H3,(H2,16,17,18,19,20). The molecule has 2 aromatic rings. The summed E-state index contributed by atoms with van der Waals surface area (Å²) in [5, 5.41) is 3.29. The Labute approximate surface area is 124 Å². The summed E-state index contributed by atoms with van der Waals surface area (Å²) in [6.45, 7) is 6.53. The molecule has 2 unspecified atom stereocenters. The molecule has 8 nitrogen and oxygen atoms in total. The normalized spacial score (nSPS) is 13.7. The zero-order valence-electron chi connectivity index (χ0n) is 12.6. The maximum absolute atomic E-state index is 5.42. The molecule has 0 spiro atoms. The van der Waals surface area contributed by atoms with E-state index in [0.29, 0.717) is 23.8 Å². The van der Waals surface area contributed by atoms with Crippen LogP contribution in [0.4, 0.5) is 11.9 Å². The summed E-state index contributed by atoms with van der Waals surface area (Å²) in [7, 11) is 0. The van der Waals surface area contributed by atoms with Crippen LogP contribution >= 0.6 is 0 Å². The fourth-order valence-corrected chi connectivity index (χ4v) is 2.04. The van der Waals surface area contributed by atoms with Gasteiger partial charge in [-0.2, -0.15) is 15.0 Å². The molecule has 114 valence electrons. The zero-order chi connectivity index (χ0) is 15.2. The van der Waals surface area contributed by atoms with Crippen LogP contribution in [0.3, 0.4) is 0 Å². The van der Waals surface area contributed by atoms with Gasteiger partial charge in [0, 0.05) is 18.4 Å². The van der Waals surface area contributed by atoms with Crippen LogP contribution in [0.2, 0.25) is 0 Å². The monoisotopic (exact) mass is 290 g/mol. The summed E-state index contributed by atoms with van der Waals surface area (Å²) in [6, 6.07) is 0.267. The Balaban J connectivity index is 2.17. The fraction of sp³-hybridized carbons (Fsp3) is 0.538. The molecular weight excluding hydrogens is 268 g/mol. The summed E-state index contributed by atoms with van der Waals surface area (Å²) in [5.41, 5.74) is 2.46. The van der Waals surface area contributed by atoms with Crippen molar-refractivity contribution >= 4 is 11.9 Å². The Morgan fingerprint density at radius 3 is 2.62 bits per heavy atom. The molecule has 2 atom stereocenters. The number of nitrogen functional groups attached to an aromatic ring is 1. The number of imidazole rings is 1. The Morgan fingerprint density at radius 2 is 2.00 bits per heavy atom. The summed E-state index contributed by atoms with van der Waals surface area (Å²) >= 11 is 0. The van der Waals surface area contributed by atoms with Gasteiger partial charge in [-0.1, -0.05) is 20.3 Å². The van der Waals surface area contributed by atoms with Crippen LogP contribution in [0.15, 0.2) is 18.7 Å². The molecule has 0 aliphatic rings. The van der Waals surface area contributed by atoms with Gasteiger partial charge in [0.15, 0.2) is 0 Å². The predicted molar refractivity (Wildman–Crippen MR) is 81.9 cm³/mol. The quantitative estimate of drug-likeness (QED) is 0.525. The van der Waals surface area contributed by atoms with Gasteiger partial charge < -0.3 is 5.32 Å². The topological polar surface area (TPSA) is 107 Å². The number of nitrogens with two attached hydrogens (primary N) is 1. The second-order valence-electron chi connectivity index (χ2n) is 5.19. The molecular formula is C13H22N8. The van der Waals surface area contributed by atoms with Gasteiger partial charge in [-0.3, -0.25) is 9.99 Å². The third-order valence-electron chi connectivity index (χ3n) is 3.32. The van der Waals surface area contributed by atoms with E-state index in [0.717, 1.165) is 12.8 Å². The number of aromatic nitrogens is 5. The first-order valence-electron chi connectivity index (χ1n) is 7.10. The predicted octanol–water partition coefficient (Wildman–Crippen LogP) is 1.58. The van der Waals surface area contributed by atoms with E-state index in [-0.39, 0.29) is 6.04 Å². The van der Waals surface area contributed by atoms with E-state index in [1.165, 1.54) is 0 Å². The van der Waals surface area contributed by atoms with E-state index < -0.39 is 0 Å². The van der Waals surface area contributed by atoms with Gasteiger partial charge >= 0.3 is 0 Å². The van der Waals surface area contributed by atoms with Crippen molar-refractivity contribution in [1.82, 2.24) is 24.5 Å². The Hall–Kier alpha value is -2.22. The van der Waals surface area contributed by atoms with Crippen LogP contribution in [-0.2, 0) is 0 Å². The second kappa shape index (κ2) is 6.98. The van der Waals surface area contributed by atoms with E-state index >= 15 is 0 Å². The SMILES string of the molecule is CCC(C)CC(C)Nc1nc(NN)nc(-n2ccnc2)n1. The largest absolute Gasteiger partial charge is 0.352 e. The molecule has 21 heavy (non-hydrogen) atoms. The van der Waals surface area contributed by atoms with E-state index in [4.69, 9.17) is 5.84 Å². The summed E-state index contributed by atoms with van der Waals surface area (Å²) in [6.07, 6.45) is 7.26. The van der Waals surface area contributed by atoms with Crippen LogP contribution in [0, 0.1) is 5.92 Å². The summed E-state index contributed by atoms with van der Waals surface area (Å²) in [4.78, 5) is 16.8. The molecule has 0 aliphatic carbocycles. The number of hydrazine groups is 1. The first-order valence-corrected chi connectivity index (χ1v) is 7.10. The number of nitrogens with zero attached hydrogens (tertiary/aromatic N) is 5. The van der Waals surface area contributed by atoms with E-state index in [9.17, 15) is 0 Å². The molecule has 0 radical (unpaired) electrons. The van der Waals surface area contributed by atoms with Crippen molar-refractivity contribution in [3.8, 4) is 5.95 Å². The van der Waals surface area contributed by atoms with Gasteiger partial charge in [0.05, 0.1) is 0 Å². The highest BCUT2D eigenvalue weighted by Crippen LogP contribution is 2.14. The van der Waals surface area contributed by atoms with Gasteiger partial charge in [-0.15, -0.1) is 0 Å². The highest BCUT2D eigenvalue weighted by molar-refractivity contribution is 5.37. The van der Waals surface area contributed by atoms with Gasteiger partial charge in [-0.25, -0.2) is 10.8 Å². The van der Waals surface area contributed by atoms with Crippen molar-refractivity contribution in [2.24, 2.45) is 11.8 Å². The smallest absolute Gasteiger partial charge is 0.243 e. The van der Waals surface area contributed by atoms with Gasteiger partial charge in [-0.05, 0) is 19.3 Å². The lowest BCUT2D eigenvalue weighted by atomic mass is 10.0. The first-order chi connectivity index (χ1) is 10.1. The van der Waals surface area contributed by atoms with Gasteiger partial charge in [0.25, 0.3) is 0 Å². The minimum absolute atomic E-state index is 0.267. The third kappa shape index (κ3) is 4.12. The Kier molecular flexibility index (Phi) is 5.04. The van der Waals surface area contributed by atoms with Crippen molar-refractivity contribution in [1.29, 1.82) is 0 Å². The molecule has 0 aromatic carbocycles. The maximum Gasteiger partial charge on any atom is 0.243 e. The molecule has 2 aromatic heterocycles. The van der Waals surface area contributed by atoms with E-state index in [1.54, 1.807) is 23.3 Å². The molecule has 0 saturated carbocycles. The van der Waals surface area contributed by atoms with E-state index in [2.05, 4.69) is 51.4 Å². The number of hydrogen-bond acceptors (Lipinski definition) is 7. The van der Waals surface area contributed by atoms with Crippen LogP contribution in [0.5, 0.6) is 0 Å². The van der Waals surface area contributed by atoms with Crippen LogP contribution < -0.4 is 16.6 Å².